The molecule has 3 N–H and O–H groups in total. The molecule has 1 aromatic rings. The molecule has 6 nitrogen and oxygen atoms in total. The average molecular weight is 232 g/mol. The summed E-state index contributed by atoms with van der Waals surface area (Å²) < 4.78 is 25.4. The van der Waals surface area contributed by atoms with E-state index in [9.17, 15) is 8.42 Å². The van der Waals surface area contributed by atoms with Crippen LogP contribution in [0.2, 0.25) is 0 Å². The van der Waals surface area contributed by atoms with Crippen molar-refractivity contribution in [3.8, 4) is 0 Å². The van der Waals surface area contributed by atoms with Gasteiger partial charge >= 0.3 is 0 Å². The lowest BCUT2D eigenvalue weighted by atomic mass is 10.5. The Labute approximate surface area is 89.5 Å². The van der Waals surface area contributed by atoms with Gasteiger partial charge in [0.1, 0.15) is 0 Å². The first-order valence-corrected chi connectivity index (χ1v) is 6.49. The normalized spacial score (nSPS) is 11.5. The van der Waals surface area contributed by atoms with Gasteiger partial charge in [-0.15, -0.1) is 0 Å². The Hall–Kier alpha value is -1.08. The van der Waals surface area contributed by atoms with Gasteiger partial charge in [0.15, 0.2) is 0 Å². The average Bonchev–Trinajstić information content (AvgIpc) is 2.64. The Bertz CT molecular complexity index is 360. The fourth-order valence-electron chi connectivity index (χ4n) is 1.10. The van der Waals surface area contributed by atoms with Crippen LogP contribution >= 0.6 is 0 Å². The Kier molecular flexibility index (Phi) is 4.57. The first-order valence-electron chi connectivity index (χ1n) is 4.84. The zero-order chi connectivity index (χ0) is 11.1. The van der Waals surface area contributed by atoms with Gasteiger partial charge in [-0.3, -0.25) is 9.82 Å². The van der Waals surface area contributed by atoms with Crippen molar-refractivity contribution in [2.75, 3.05) is 23.6 Å². The summed E-state index contributed by atoms with van der Waals surface area (Å²) in [5, 5.41) is 9.26. The number of anilines is 1. The summed E-state index contributed by atoms with van der Waals surface area (Å²) in [5.41, 5.74) is 0.471. The molecule has 86 valence electrons. The monoisotopic (exact) mass is 232 g/mol. The summed E-state index contributed by atoms with van der Waals surface area (Å²) >= 11 is 0. The molecule has 0 aliphatic rings. The summed E-state index contributed by atoms with van der Waals surface area (Å²) in [6.07, 6.45) is 3.53. The lowest BCUT2D eigenvalue weighted by molar-refractivity contribution is 0.595. The third-order valence-corrected chi connectivity index (χ3v) is 3.16. The molecule has 0 aromatic carbocycles. The van der Waals surface area contributed by atoms with Gasteiger partial charge in [-0.25, -0.2) is 8.42 Å². The van der Waals surface area contributed by atoms with Crippen LogP contribution in [0, 0.1) is 0 Å². The van der Waals surface area contributed by atoms with Gasteiger partial charge in [-0.05, 0) is 19.5 Å². The van der Waals surface area contributed by atoms with Gasteiger partial charge in [0.25, 0.3) is 0 Å². The Morgan fingerprint density at radius 1 is 1.53 bits per heavy atom. The predicted molar refractivity (Wildman–Crippen MR) is 59.2 cm³/mol. The van der Waals surface area contributed by atoms with E-state index in [1.807, 2.05) is 6.92 Å². The van der Waals surface area contributed by atoms with Crippen LogP contribution in [0.25, 0.3) is 0 Å². The van der Waals surface area contributed by atoms with Crippen LogP contribution < -0.4 is 10.0 Å². The number of hydrogen-bond acceptors (Lipinski definition) is 4. The molecule has 0 unspecified atom stereocenters. The number of H-pyrrole nitrogens is 1. The van der Waals surface area contributed by atoms with Crippen LogP contribution in [0.15, 0.2) is 12.4 Å². The smallest absolute Gasteiger partial charge is 0.232 e. The fourth-order valence-corrected chi connectivity index (χ4v) is 2.20. The third-order valence-electron chi connectivity index (χ3n) is 1.79. The molecule has 0 radical (unpaired) electrons. The topological polar surface area (TPSA) is 86.9 Å². The van der Waals surface area contributed by atoms with Crippen LogP contribution in [0.3, 0.4) is 0 Å². The Balaban J connectivity index is 2.33. The molecular weight excluding hydrogens is 216 g/mol. The Morgan fingerprint density at radius 3 is 2.93 bits per heavy atom. The molecule has 0 saturated heterocycles. The zero-order valence-corrected chi connectivity index (χ0v) is 9.47. The molecule has 0 spiro atoms. The van der Waals surface area contributed by atoms with E-state index in [2.05, 4.69) is 20.2 Å². The lowest BCUT2D eigenvalue weighted by Crippen LogP contribution is -2.21. The number of aromatic amines is 1. The van der Waals surface area contributed by atoms with E-state index in [0.29, 0.717) is 18.7 Å². The summed E-state index contributed by atoms with van der Waals surface area (Å²) in [5.74, 6) is 0.116. The molecule has 0 amide bonds. The van der Waals surface area contributed by atoms with Crippen LogP contribution in [0.4, 0.5) is 5.69 Å². The highest BCUT2D eigenvalue weighted by atomic mass is 32.2. The van der Waals surface area contributed by atoms with Crippen LogP contribution in [-0.2, 0) is 10.0 Å². The van der Waals surface area contributed by atoms with Gasteiger partial charge in [0.05, 0.1) is 17.6 Å². The maximum absolute atomic E-state index is 11.5. The van der Waals surface area contributed by atoms with Crippen molar-refractivity contribution in [2.24, 2.45) is 0 Å². The highest BCUT2D eigenvalue weighted by Gasteiger charge is 2.09. The zero-order valence-electron chi connectivity index (χ0n) is 8.66. The van der Waals surface area contributed by atoms with Crippen LogP contribution in [-0.4, -0.2) is 37.5 Å². The molecule has 0 atom stereocenters. The standard InChI is InChI=1S/C8H16N4O2S/c1-2-9-4-3-5-15(13,14)12-8-6-10-11-7-8/h6-7,9,12H,2-5H2,1H3,(H,10,11). The number of hydrogen-bond donors (Lipinski definition) is 3. The van der Waals surface area contributed by atoms with Crippen LogP contribution in [0.5, 0.6) is 0 Å². The van der Waals surface area contributed by atoms with E-state index < -0.39 is 10.0 Å². The molecule has 0 aliphatic carbocycles. The van der Waals surface area contributed by atoms with E-state index in [-0.39, 0.29) is 5.75 Å². The fraction of sp³-hybridized carbons (Fsp3) is 0.625. The van der Waals surface area contributed by atoms with Crippen LogP contribution in [0.1, 0.15) is 13.3 Å². The van der Waals surface area contributed by atoms with Gasteiger partial charge in [0, 0.05) is 6.20 Å². The molecule has 0 aliphatic heterocycles. The molecular formula is C8H16N4O2S. The number of rotatable bonds is 7. The van der Waals surface area contributed by atoms with E-state index >= 15 is 0 Å². The highest BCUT2D eigenvalue weighted by Crippen LogP contribution is 2.05. The van der Waals surface area contributed by atoms with E-state index in [1.54, 1.807) is 0 Å². The number of sulfonamides is 1. The third kappa shape index (κ3) is 4.80. The number of nitrogens with one attached hydrogen (secondary N) is 3. The first-order chi connectivity index (χ1) is 7.14. The Morgan fingerprint density at radius 2 is 2.33 bits per heavy atom. The summed E-state index contributed by atoms with van der Waals surface area (Å²) in [6, 6.07) is 0. The SMILES string of the molecule is CCNCCCS(=O)(=O)Nc1cn[nH]c1. The van der Waals surface area contributed by atoms with Crippen molar-refractivity contribution in [1.82, 2.24) is 15.5 Å². The number of aromatic nitrogens is 2. The molecule has 15 heavy (non-hydrogen) atoms. The highest BCUT2D eigenvalue weighted by molar-refractivity contribution is 7.92. The van der Waals surface area contributed by atoms with Gasteiger partial charge in [-0.2, -0.15) is 5.10 Å². The second-order valence-electron chi connectivity index (χ2n) is 3.12. The predicted octanol–water partition coefficient (Wildman–Crippen LogP) is 0.151. The number of nitrogens with zero attached hydrogens (tertiary/aromatic N) is 1. The first kappa shape index (κ1) is 12.0. The van der Waals surface area contributed by atoms with Gasteiger partial charge in [0.2, 0.25) is 10.0 Å². The molecule has 1 heterocycles. The molecule has 7 heteroatoms. The molecule has 0 bridgehead atoms. The summed E-state index contributed by atoms with van der Waals surface area (Å²) in [6.45, 7) is 3.55. The second-order valence-corrected chi connectivity index (χ2v) is 4.96. The van der Waals surface area contributed by atoms with Crippen molar-refractivity contribution in [1.29, 1.82) is 0 Å². The second kappa shape index (κ2) is 5.72. The van der Waals surface area contributed by atoms with Crippen molar-refractivity contribution in [3.05, 3.63) is 12.4 Å². The minimum atomic E-state index is -3.24. The maximum Gasteiger partial charge on any atom is 0.232 e. The quantitative estimate of drug-likeness (QED) is 0.584. The van der Waals surface area contributed by atoms with Gasteiger partial charge < -0.3 is 5.32 Å². The van der Waals surface area contributed by atoms with Crippen molar-refractivity contribution >= 4 is 15.7 Å². The minimum Gasteiger partial charge on any atom is -0.317 e. The molecule has 1 aromatic heterocycles. The molecule has 1 rings (SSSR count). The molecule has 0 fully saturated rings. The maximum atomic E-state index is 11.5. The largest absolute Gasteiger partial charge is 0.317 e. The van der Waals surface area contributed by atoms with Gasteiger partial charge in [-0.1, -0.05) is 6.92 Å². The summed E-state index contributed by atoms with van der Waals surface area (Å²) in [7, 11) is -3.24. The van der Waals surface area contributed by atoms with Crippen molar-refractivity contribution in [2.45, 2.75) is 13.3 Å². The van der Waals surface area contributed by atoms with Crippen molar-refractivity contribution in [3.63, 3.8) is 0 Å². The van der Waals surface area contributed by atoms with E-state index in [0.717, 1.165) is 6.54 Å². The minimum absolute atomic E-state index is 0.116. The van der Waals surface area contributed by atoms with E-state index in [4.69, 9.17) is 0 Å². The summed E-state index contributed by atoms with van der Waals surface area (Å²) in [4.78, 5) is 0. The van der Waals surface area contributed by atoms with E-state index in [1.165, 1.54) is 12.4 Å². The molecule has 0 saturated carbocycles. The lowest BCUT2D eigenvalue weighted by Gasteiger charge is -2.05. The van der Waals surface area contributed by atoms with Crippen molar-refractivity contribution < 1.29 is 8.42 Å².